The molecule has 0 aliphatic heterocycles. The summed E-state index contributed by atoms with van der Waals surface area (Å²) in [7, 11) is 0. The monoisotopic (exact) mass is 263 g/mol. The Morgan fingerprint density at radius 2 is 1.80 bits per heavy atom. The Morgan fingerprint density at radius 1 is 1.00 bits per heavy atom. The van der Waals surface area contributed by atoms with E-state index in [0.717, 1.165) is 23.9 Å². The van der Waals surface area contributed by atoms with Crippen molar-refractivity contribution in [3.8, 4) is 0 Å². The Bertz CT molecular complexity index is 722. The third kappa shape index (κ3) is 2.77. The van der Waals surface area contributed by atoms with Gasteiger partial charge in [-0.2, -0.15) is 0 Å². The van der Waals surface area contributed by atoms with Crippen molar-refractivity contribution in [2.24, 2.45) is 0 Å². The largest absolute Gasteiger partial charge is 0.354 e. The summed E-state index contributed by atoms with van der Waals surface area (Å²) >= 11 is 0. The molecule has 3 aromatic rings. The molecule has 0 saturated heterocycles. The average molecular weight is 263 g/mol. The van der Waals surface area contributed by atoms with Gasteiger partial charge >= 0.3 is 0 Å². The Labute approximate surface area is 118 Å². The van der Waals surface area contributed by atoms with Crippen molar-refractivity contribution in [2.45, 2.75) is 13.3 Å². The molecule has 0 amide bonds. The molecular formula is C17H17N3. The van der Waals surface area contributed by atoms with Crippen molar-refractivity contribution in [3.63, 3.8) is 0 Å². The maximum Gasteiger partial charge on any atom is 0.223 e. The SMILES string of the molecule is Cc1ccccc1CCNc1ncc2ccccc2n1. The second kappa shape index (κ2) is 5.70. The van der Waals surface area contributed by atoms with E-state index in [1.807, 2.05) is 30.5 Å². The van der Waals surface area contributed by atoms with Crippen LogP contribution in [0.3, 0.4) is 0 Å². The van der Waals surface area contributed by atoms with Gasteiger partial charge in [0, 0.05) is 18.1 Å². The first-order valence-electron chi connectivity index (χ1n) is 6.83. The van der Waals surface area contributed by atoms with Crippen molar-refractivity contribution >= 4 is 16.9 Å². The highest BCUT2D eigenvalue weighted by Gasteiger charge is 2.00. The van der Waals surface area contributed by atoms with E-state index in [-0.39, 0.29) is 0 Å². The first kappa shape index (κ1) is 12.6. The molecule has 1 N–H and O–H groups in total. The molecule has 0 bridgehead atoms. The maximum atomic E-state index is 4.51. The summed E-state index contributed by atoms with van der Waals surface area (Å²) in [6, 6.07) is 16.5. The Kier molecular flexibility index (Phi) is 3.59. The fourth-order valence-electron chi connectivity index (χ4n) is 2.26. The van der Waals surface area contributed by atoms with E-state index < -0.39 is 0 Å². The molecule has 1 heterocycles. The van der Waals surface area contributed by atoms with Crippen molar-refractivity contribution in [1.29, 1.82) is 0 Å². The molecule has 0 unspecified atom stereocenters. The number of hydrogen-bond acceptors (Lipinski definition) is 3. The van der Waals surface area contributed by atoms with Crippen LogP contribution in [0.4, 0.5) is 5.95 Å². The Hall–Kier alpha value is -2.42. The predicted molar refractivity (Wildman–Crippen MR) is 82.9 cm³/mol. The standard InChI is InChI=1S/C17H17N3/c1-13-6-2-3-7-14(13)10-11-18-17-19-12-15-8-4-5-9-16(15)20-17/h2-9,12H,10-11H2,1H3,(H,18,19,20). The fraction of sp³-hybridized carbons (Fsp3) is 0.176. The van der Waals surface area contributed by atoms with Gasteiger partial charge in [0.25, 0.3) is 0 Å². The van der Waals surface area contributed by atoms with Gasteiger partial charge in [-0.15, -0.1) is 0 Å². The number of rotatable bonds is 4. The first-order chi connectivity index (χ1) is 9.83. The van der Waals surface area contributed by atoms with E-state index in [2.05, 4.69) is 46.5 Å². The molecule has 20 heavy (non-hydrogen) atoms. The van der Waals surface area contributed by atoms with Crippen LogP contribution in [0.1, 0.15) is 11.1 Å². The van der Waals surface area contributed by atoms with Gasteiger partial charge in [-0.3, -0.25) is 0 Å². The lowest BCUT2D eigenvalue weighted by molar-refractivity contribution is 0.980. The van der Waals surface area contributed by atoms with Gasteiger partial charge < -0.3 is 5.32 Å². The summed E-state index contributed by atoms with van der Waals surface area (Å²) in [5, 5.41) is 4.36. The van der Waals surface area contributed by atoms with Crippen molar-refractivity contribution in [2.75, 3.05) is 11.9 Å². The summed E-state index contributed by atoms with van der Waals surface area (Å²) < 4.78 is 0. The van der Waals surface area contributed by atoms with E-state index in [9.17, 15) is 0 Å². The smallest absolute Gasteiger partial charge is 0.223 e. The zero-order valence-electron chi connectivity index (χ0n) is 11.5. The minimum absolute atomic E-state index is 0.692. The van der Waals surface area contributed by atoms with Crippen molar-refractivity contribution in [3.05, 3.63) is 65.9 Å². The van der Waals surface area contributed by atoms with Crippen LogP contribution in [0, 0.1) is 6.92 Å². The van der Waals surface area contributed by atoms with Gasteiger partial charge in [-0.25, -0.2) is 9.97 Å². The van der Waals surface area contributed by atoms with Gasteiger partial charge in [-0.05, 0) is 30.5 Å². The molecule has 3 nitrogen and oxygen atoms in total. The minimum Gasteiger partial charge on any atom is -0.354 e. The molecule has 3 rings (SSSR count). The first-order valence-corrected chi connectivity index (χ1v) is 6.83. The lowest BCUT2D eigenvalue weighted by Crippen LogP contribution is -2.08. The number of benzene rings is 2. The summed E-state index contributed by atoms with van der Waals surface area (Å²) in [4.78, 5) is 8.84. The third-order valence-electron chi connectivity index (χ3n) is 3.43. The van der Waals surface area contributed by atoms with E-state index in [1.54, 1.807) is 0 Å². The van der Waals surface area contributed by atoms with Crippen LogP contribution in [-0.4, -0.2) is 16.5 Å². The highest BCUT2D eigenvalue weighted by Crippen LogP contribution is 2.12. The summed E-state index contributed by atoms with van der Waals surface area (Å²) in [5.74, 6) is 0.692. The molecule has 0 aliphatic rings. The average Bonchev–Trinajstić information content (AvgIpc) is 2.49. The van der Waals surface area contributed by atoms with Crippen LogP contribution >= 0.6 is 0 Å². The lowest BCUT2D eigenvalue weighted by atomic mass is 10.1. The highest BCUT2D eigenvalue weighted by atomic mass is 15.1. The van der Waals surface area contributed by atoms with Gasteiger partial charge in [0.2, 0.25) is 5.95 Å². The number of aromatic nitrogens is 2. The number of nitrogens with zero attached hydrogens (tertiary/aromatic N) is 2. The highest BCUT2D eigenvalue weighted by molar-refractivity contribution is 5.78. The van der Waals surface area contributed by atoms with Gasteiger partial charge in [0.15, 0.2) is 0 Å². The molecule has 2 aromatic carbocycles. The molecule has 100 valence electrons. The maximum absolute atomic E-state index is 4.51. The normalized spacial score (nSPS) is 10.7. The van der Waals surface area contributed by atoms with Crippen LogP contribution in [0.2, 0.25) is 0 Å². The summed E-state index contributed by atoms with van der Waals surface area (Å²) in [5.41, 5.74) is 3.66. The number of aryl methyl sites for hydroxylation is 1. The van der Waals surface area contributed by atoms with Gasteiger partial charge in [0.1, 0.15) is 0 Å². The fourth-order valence-corrected chi connectivity index (χ4v) is 2.26. The predicted octanol–water partition coefficient (Wildman–Crippen LogP) is 3.59. The van der Waals surface area contributed by atoms with E-state index in [4.69, 9.17) is 0 Å². The van der Waals surface area contributed by atoms with Crippen LogP contribution in [0.25, 0.3) is 10.9 Å². The summed E-state index contributed by atoms with van der Waals surface area (Å²) in [6.07, 6.45) is 2.83. The van der Waals surface area contributed by atoms with Gasteiger partial charge in [-0.1, -0.05) is 42.5 Å². The number of para-hydroxylation sites is 1. The Balaban J connectivity index is 1.67. The molecule has 0 atom stereocenters. The van der Waals surface area contributed by atoms with E-state index in [0.29, 0.717) is 5.95 Å². The number of hydrogen-bond donors (Lipinski definition) is 1. The quantitative estimate of drug-likeness (QED) is 0.781. The summed E-state index contributed by atoms with van der Waals surface area (Å²) in [6.45, 7) is 2.98. The lowest BCUT2D eigenvalue weighted by Gasteiger charge is -2.07. The zero-order valence-corrected chi connectivity index (χ0v) is 11.5. The van der Waals surface area contributed by atoms with Gasteiger partial charge in [0.05, 0.1) is 5.52 Å². The molecule has 0 saturated carbocycles. The van der Waals surface area contributed by atoms with Crippen molar-refractivity contribution in [1.82, 2.24) is 9.97 Å². The van der Waals surface area contributed by atoms with E-state index in [1.165, 1.54) is 11.1 Å². The van der Waals surface area contributed by atoms with Crippen LogP contribution in [0.15, 0.2) is 54.7 Å². The molecule has 3 heteroatoms. The zero-order chi connectivity index (χ0) is 13.8. The number of nitrogens with one attached hydrogen (secondary N) is 1. The van der Waals surface area contributed by atoms with Crippen LogP contribution in [-0.2, 0) is 6.42 Å². The second-order valence-electron chi connectivity index (χ2n) is 4.86. The molecule has 0 radical (unpaired) electrons. The number of fused-ring (bicyclic) bond motifs is 1. The minimum atomic E-state index is 0.692. The Morgan fingerprint density at radius 3 is 2.70 bits per heavy atom. The van der Waals surface area contributed by atoms with Crippen LogP contribution in [0.5, 0.6) is 0 Å². The van der Waals surface area contributed by atoms with Crippen LogP contribution < -0.4 is 5.32 Å². The topological polar surface area (TPSA) is 37.8 Å². The molecule has 1 aromatic heterocycles. The molecule has 0 spiro atoms. The molecule has 0 aliphatic carbocycles. The second-order valence-corrected chi connectivity index (χ2v) is 4.86. The number of anilines is 1. The third-order valence-corrected chi connectivity index (χ3v) is 3.43. The van der Waals surface area contributed by atoms with Crippen molar-refractivity contribution < 1.29 is 0 Å². The molecule has 0 fully saturated rings. The molecular weight excluding hydrogens is 246 g/mol. The van der Waals surface area contributed by atoms with E-state index >= 15 is 0 Å².